The van der Waals surface area contributed by atoms with Crippen molar-refractivity contribution in [3.8, 4) is 0 Å². The molecule has 0 spiro atoms. The minimum atomic E-state index is -4.28. The second-order valence-electron chi connectivity index (χ2n) is 2.55. The number of rotatable bonds is 3. The van der Waals surface area contributed by atoms with Crippen LogP contribution in [0.15, 0.2) is 23.0 Å². The topological polar surface area (TPSA) is 30.2 Å². The van der Waals surface area contributed by atoms with Gasteiger partial charge in [0.2, 0.25) is 0 Å². The van der Waals surface area contributed by atoms with Gasteiger partial charge in [-0.1, -0.05) is 0 Å². The van der Waals surface area contributed by atoms with Crippen molar-refractivity contribution in [2.45, 2.75) is 19.0 Å². The highest BCUT2D eigenvalue weighted by Crippen LogP contribution is 2.22. The second kappa shape index (κ2) is 3.64. The first-order valence-electron chi connectivity index (χ1n) is 3.61. The zero-order valence-electron chi connectivity index (χ0n) is 6.60. The lowest BCUT2D eigenvalue weighted by Gasteiger charge is -2.03. The van der Waals surface area contributed by atoms with Gasteiger partial charge in [-0.05, 0) is 6.07 Å². The smallest absolute Gasteiger partial charge is 0.389 e. The number of furan rings is 1. The summed E-state index contributed by atoms with van der Waals surface area (Å²) in [5.41, 5.74) is 0.184. The molecule has 0 aliphatic heterocycles. The first-order chi connectivity index (χ1) is 5.99. The molecule has 2 nitrogen and oxygen atoms in total. The Bertz CT molecular complexity index is 274. The van der Waals surface area contributed by atoms with E-state index in [0.717, 1.165) is 6.26 Å². The predicted molar refractivity (Wildman–Crippen MR) is 38.3 cm³/mol. The zero-order chi connectivity index (χ0) is 9.90. The summed E-state index contributed by atoms with van der Waals surface area (Å²) in [6, 6.07) is 1.35. The lowest BCUT2D eigenvalue weighted by molar-refractivity contribution is -0.133. The summed E-state index contributed by atoms with van der Waals surface area (Å²) in [7, 11) is 0. The molecule has 0 radical (unpaired) electrons. The van der Waals surface area contributed by atoms with E-state index in [0.29, 0.717) is 0 Å². The number of alkyl halides is 3. The van der Waals surface area contributed by atoms with Gasteiger partial charge < -0.3 is 4.42 Å². The van der Waals surface area contributed by atoms with Crippen LogP contribution in [0.5, 0.6) is 0 Å². The fraction of sp³-hybridized carbons (Fsp3) is 0.375. The lowest BCUT2D eigenvalue weighted by Crippen LogP contribution is -2.10. The van der Waals surface area contributed by atoms with Crippen LogP contribution in [0.25, 0.3) is 0 Å². The highest BCUT2D eigenvalue weighted by atomic mass is 19.4. The van der Waals surface area contributed by atoms with Crippen molar-refractivity contribution in [3.63, 3.8) is 0 Å². The molecule has 13 heavy (non-hydrogen) atoms. The van der Waals surface area contributed by atoms with Gasteiger partial charge in [0.05, 0.1) is 18.2 Å². The van der Waals surface area contributed by atoms with Crippen LogP contribution >= 0.6 is 0 Å². The van der Waals surface area contributed by atoms with Crippen LogP contribution in [-0.2, 0) is 0 Å². The van der Waals surface area contributed by atoms with Crippen molar-refractivity contribution in [3.05, 3.63) is 24.2 Å². The van der Waals surface area contributed by atoms with E-state index in [1.165, 1.54) is 12.3 Å². The zero-order valence-corrected chi connectivity index (χ0v) is 6.60. The van der Waals surface area contributed by atoms with Crippen LogP contribution in [0, 0.1) is 0 Å². The molecule has 1 aromatic heterocycles. The highest BCUT2D eigenvalue weighted by Gasteiger charge is 2.28. The fourth-order valence-electron chi connectivity index (χ4n) is 0.823. The molecule has 1 aromatic rings. The SMILES string of the molecule is O=C(CCC(F)(F)F)c1ccoc1. The number of hydrogen-bond acceptors (Lipinski definition) is 2. The van der Waals surface area contributed by atoms with Crippen LogP contribution in [0.2, 0.25) is 0 Å². The quantitative estimate of drug-likeness (QED) is 0.689. The summed E-state index contributed by atoms with van der Waals surface area (Å²) < 4.78 is 39.6. The van der Waals surface area contributed by atoms with Gasteiger partial charge in [0.25, 0.3) is 0 Å². The van der Waals surface area contributed by atoms with Gasteiger partial charge >= 0.3 is 6.18 Å². The molecule has 0 saturated heterocycles. The maximum atomic E-state index is 11.7. The Morgan fingerprint density at radius 1 is 1.46 bits per heavy atom. The highest BCUT2D eigenvalue weighted by molar-refractivity contribution is 5.95. The van der Waals surface area contributed by atoms with Gasteiger partial charge in [0.1, 0.15) is 6.26 Å². The Balaban J connectivity index is 2.44. The molecule has 1 heterocycles. The molecule has 0 atom stereocenters. The van der Waals surface area contributed by atoms with Crippen molar-refractivity contribution in [1.29, 1.82) is 0 Å². The molecule has 0 N–H and O–H groups in total. The number of halogens is 3. The number of ketones is 1. The van der Waals surface area contributed by atoms with Gasteiger partial charge in [-0.25, -0.2) is 0 Å². The maximum Gasteiger partial charge on any atom is 0.389 e. The molecular weight excluding hydrogens is 185 g/mol. The summed E-state index contributed by atoms with van der Waals surface area (Å²) in [6.07, 6.45) is -3.50. The van der Waals surface area contributed by atoms with Gasteiger partial charge in [0, 0.05) is 6.42 Å². The maximum absolute atomic E-state index is 11.7. The third kappa shape index (κ3) is 3.31. The molecule has 0 aliphatic rings. The molecule has 0 amide bonds. The van der Waals surface area contributed by atoms with E-state index in [1.54, 1.807) is 0 Å². The van der Waals surface area contributed by atoms with Crippen LogP contribution in [0.4, 0.5) is 13.2 Å². The lowest BCUT2D eigenvalue weighted by atomic mass is 10.1. The average Bonchev–Trinajstić information content (AvgIpc) is 2.50. The van der Waals surface area contributed by atoms with Crippen molar-refractivity contribution in [1.82, 2.24) is 0 Å². The van der Waals surface area contributed by atoms with Crippen LogP contribution in [0.3, 0.4) is 0 Å². The molecule has 0 fully saturated rings. The van der Waals surface area contributed by atoms with E-state index >= 15 is 0 Å². The van der Waals surface area contributed by atoms with Crippen molar-refractivity contribution in [2.75, 3.05) is 0 Å². The monoisotopic (exact) mass is 192 g/mol. The predicted octanol–water partition coefficient (Wildman–Crippen LogP) is 2.80. The van der Waals surface area contributed by atoms with E-state index in [9.17, 15) is 18.0 Å². The minimum Gasteiger partial charge on any atom is -0.472 e. The van der Waals surface area contributed by atoms with Gasteiger partial charge in [0.15, 0.2) is 5.78 Å². The standard InChI is InChI=1S/C8H7F3O2/c9-8(10,11)3-1-7(12)6-2-4-13-5-6/h2,4-5H,1,3H2. The summed E-state index contributed by atoms with van der Waals surface area (Å²) in [5, 5.41) is 0. The van der Waals surface area contributed by atoms with Crippen LogP contribution < -0.4 is 0 Å². The number of Topliss-reactive ketones (excluding diaryl/α,β-unsaturated/α-hetero) is 1. The number of carbonyl (C=O) groups excluding carboxylic acids is 1. The first-order valence-corrected chi connectivity index (χ1v) is 3.61. The summed E-state index contributed by atoms with van der Waals surface area (Å²) >= 11 is 0. The van der Waals surface area contributed by atoms with E-state index in [1.807, 2.05) is 0 Å². The second-order valence-corrected chi connectivity index (χ2v) is 2.55. The number of hydrogen-bond donors (Lipinski definition) is 0. The van der Waals surface area contributed by atoms with Crippen molar-refractivity contribution < 1.29 is 22.4 Å². The molecule has 0 aliphatic carbocycles. The van der Waals surface area contributed by atoms with Crippen LogP contribution in [-0.4, -0.2) is 12.0 Å². The number of carbonyl (C=O) groups is 1. The Hall–Kier alpha value is -1.26. The van der Waals surface area contributed by atoms with E-state index < -0.39 is 24.8 Å². The Labute approximate surface area is 72.3 Å². The first kappa shape index (κ1) is 9.83. The largest absolute Gasteiger partial charge is 0.472 e. The van der Waals surface area contributed by atoms with Gasteiger partial charge in [-0.15, -0.1) is 0 Å². The molecular formula is C8H7F3O2. The van der Waals surface area contributed by atoms with Gasteiger partial charge in [-0.2, -0.15) is 13.2 Å². The fourth-order valence-corrected chi connectivity index (χ4v) is 0.823. The minimum absolute atomic E-state index is 0.184. The van der Waals surface area contributed by atoms with E-state index in [4.69, 9.17) is 0 Å². The third-order valence-corrected chi connectivity index (χ3v) is 1.48. The molecule has 0 saturated carbocycles. The summed E-state index contributed by atoms with van der Waals surface area (Å²) in [5.74, 6) is -0.550. The normalized spacial score (nSPS) is 11.6. The Morgan fingerprint density at radius 3 is 2.62 bits per heavy atom. The van der Waals surface area contributed by atoms with E-state index in [-0.39, 0.29) is 5.56 Å². The van der Waals surface area contributed by atoms with Crippen molar-refractivity contribution >= 4 is 5.78 Å². The molecule has 0 unspecified atom stereocenters. The van der Waals surface area contributed by atoms with Crippen molar-refractivity contribution in [2.24, 2.45) is 0 Å². The molecule has 72 valence electrons. The summed E-state index contributed by atoms with van der Waals surface area (Å²) in [6.45, 7) is 0. The molecule has 1 rings (SSSR count). The van der Waals surface area contributed by atoms with E-state index in [2.05, 4.69) is 4.42 Å². The average molecular weight is 192 g/mol. The third-order valence-electron chi connectivity index (χ3n) is 1.48. The van der Waals surface area contributed by atoms with Crippen LogP contribution in [0.1, 0.15) is 23.2 Å². The Morgan fingerprint density at radius 2 is 2.15 bits per heavy atom. The molecule has 0 bridgehead atoms. The van der Waals surface area contributed by atoms with Gasteiger partial charge in [-0.3, -0.25) is 4.79 Å². The Kier molecular flexibility index (Phi) is 2.75. The molecule has 0 aromatic carbocycles. The molecule has 5 heteroatoms. The summed E-state index contributed by atoms with van der Waals surface area (Å²) in [4.78, 5) is 11.0.